The van der Waals surface area contributed by atoms with E-state index >= 15 is 0 Å². The highest BCUT2D eigenvalue weighted by molar-refractivity contribution is 6.51. The van der Waals surface area contributed by atoms with Gasteiger partial charge in [-0.1, -0.05) is 84.4 Å². The average Bonchev–Trinajstić information content (AvgIpc) is 3.10. The first kappa shape index (κ1) is 19.8. The molecule has 0 bridgehead atoms. The Morgan fingerprint density at radius 3 is 2.16 bits per heavy atom. The maximum absolute atomic E-state index is 13.2. The monoisotopic (exact) mass is 419 g/mol. The molecule has 156 valence electrons. The van der Waals surface area contributed by atoms with Gasteiger partial charge in [-0.25, -0.2) is 0 Å². The molecular weight excluding hydrogens is 398 g/mol. The number of carbonyl (C=O) groups excluding carboxylic acids is 2. The lowest BCUT2D eigenvalue weighted by Crippen LogP contribution is -2.29. The molecule has 1 unspecified atom stereocenters. The lowest BCUT2D eigenvalue weighted by molar-refractivity contribution is -0.132. The number of hydrogen-bond donors (Lipinski definition) is 1. The number of aryl methyl sites for hydroxylation is 1. The highest BCUT2D eigenvalue weighted by Gasteiger charge is 2.46. The second-order valence-corrected chi connectivity index (χ2v) is 7.98. The van der Waals surface area contributed by atoms with Gasteiger partial charge in [-0.15, -0.1) is 0 Å². The highest BCUT2D eigenvalue weighted by atomic mass is 16.3. The van der Waals surface area contributed by atoms with Crippen LogP contribution in [0.5, 0.6) is 0 Å². The molecular formula is C28H21NO3. The van der Waals surface area contributed by atoms with Gasteiger partial charge in [0.1, 0.15) is 5.76 Å². The van der Waals surface area contributed by atoms with Crippen molar-refractivity contribution in [1.82, 2.24) is 0 Å². The number of benzene rings is 4. The number of rotatable bonds is 3. The highest BCUT2D eigenvalue weighted by Crippen LogP contribution is 2.42. The van der Waals surface area contributed by atoms with Crippen molar-refractivity contribution < 1.29 is 14.7 Å². The number of amides is 1. The molecule has 1 heterocycles. The zero-order valence-corrected chi connectivity index (χ0v) is 17.5. The van der Waals surface area contributed by atoms with Crippen LogP contribution >= 0.6 is 0 Å². The molecule has 4 aromatic carbocycles. The quantitative estimate of drug-likeness (QED) is 0.260. The summed E-state index contributed by atoms with van der Waals surface area (Å²) in [6.45, 7) is 1.96. The third-order valence-electron chi connectivity index (χ3n) is 5.89. The molecule has 1 N–H and O–H groups in total. The van der Waals surface area contributed by atoms with E-state index in [9.17, 15) is 14.7 Å². The zero-order chi connectivity index (χ0) is 22.2. The van der Waals surface area contributed by atoms with E-state index in [2.05, 4.69) is 0 Å². The van der Waals surface area contributed by atoms with E-state index < -0.39 is 17.7 Å². The molecule has 5 rings (SSSR count). The van der Waals surface area contributed by atoms with E-state index in [0.717, 1.165) is 21.9 Å². The number of nitrogens with zero attached hydrogens (tertiary/aromatic N) is 1. The van der Waals surface area contributed by atoms with Crippen molar-refractivity contribution in [3.05, 3.63) is 119 Å². The van der Waals surface area contributed by atoms with Gasteiger partial charge in [0.05, 0.1) is 11.6 Å². The Labute approximate surface area is 186 Å². The van der Waals surface area contributed by atoms with Crippen LogP contribution in [0.15, 0.2) is 103 Å². The van der Waals surface area contributed by atoms with Gasteiger partial charge in [0.15, 0.2) is 0 Å². The molecule has 4 nitrogen and oxygen atoms in total. The van der Waals surface area contributed by atoms with Gasteiger partial charge < -0.3 is 5.11 Å². The van der Waals surface area contributed by atoms with Crippen LogP contribution in [0.3, 0.4) is 0 Å². The van der Waals surface area contributed by atoms with Crippen LogP contribution in [0.2, 0.25) is 0 Å². The Morgan fingerprint density at radius 2 is 1.44 bits per heavy atom. The van der Waals surface area contributed by atoms with Crippen molar-refractivity contribution in [1.29, 1.82) is 0 Å². The maximum atomic E-state index is 13.2. The Morgan fingerprint density at radius 1 is 0.781 bits per heavy atom. The van der Waals surface area contributed by atoms with E-state index in [4.69, 9.17) is 0 Å². The van der Waals surface area contributed by atoms with Crippen LogP contribution in [-0.2, 0) is 9.59 Å². The summed E-state index contributed by atoms with van der Waals surface area (Å²) in [4.78, 5) is 27.8. The van der Waals surface area contributed by atoms with Gasteiger partial charge in [0, 0.05) is 11.3 Å². The van der Waals surface area contributed by atoms with Crippen molar-refractivity contribution >= 4 is 33.9 Å². The van der Waals surface area contributed by atoms with Crippen molar-refractivity contribution in [2.24, 2.45) is 0 Å². The topological polar surface area (TPSA) is 57.6 Å². The normalized spacial score (nSPS) is 17.8. The Balaban J connectivity index is 1.72. The number of Topliss-reactive ketones (excluding diaryl/α,β-unsaturated/α-hetero) is 1. The number of hydrogen-bond acceptors (Lipinski definition) is 3. The molecule has 0 aromatic heterocycles. The minimum atomic E-state index is -0.717. The number of fused-ring (bicyclic) bond motifs is 1. The summed E-state index contributed by atoms with van der Waals surface area (Å²) in [6.07, 6.45) is 0. The molecule has 1 saturated heterocycles. The Kier molecular flexibility index (Phi) is 4.83. The van der Waals surface area contributed by atoms with Crippen LogP contribution in [-0.4, -0.2) is 16.8 Å². The van der Waals surface area contributed by atoms with Crippen LogP contribution in [0.1, 0.15) is 22.7 Å². The summed E-state index contributed by atoms with van der Waals surface area (Å²) in [5.74, 6) is -1.51. The summed E-state index contributed by atoms with van der Waals surface area (Å²) in [5.41, 5.74) is 3.03. The number of carbonyl (C=O) groups is 2. The number of anilines is 1. The van der Waals surface area contributed by atoms with Gasteiger partial charge in [0.2, 0.25) is 0 Å². The summed E-state index contributed by atoms with van der Waals surface area (Å²) in [5, 5.41) is 13.3. The van der Waals surface area contributed by atoms with Gasteiger partial charge in [0.25, 0.3) is 11.7 Å². The summed E-state index contributed by atoms with van der Waals surface area (Å²) < 4.78 is 0. The smallest absolute Gasteiger partial charge is 0.300 e. The number of ketones is 1. The molecule has 1 aliphatic rings. The molecule has 0 saturated carbocycles. The minimum Gasteiger partial charge on any atom is -0.507 e. The van der Waals surface area contributed by atoms with Crippen LogP contribution in [0.4, 0.5) is 5.69 Å². The summed E-state index contributed by atoms with van der Waals surface area (Å²) in [7, 11) is 0. The fraction of sp³-hybridized carbons (Fsp3) is 0.0714. The molecule has 1 atom stereocenters. The van der Waals surface area contributed by atoms with E-state index in [0.29, 0.717) is 11.3 Å². The third kappa shape index (κ3) is 3.26. The van der Waals surface area contributed by atoms with Gasteiger partial charge in [-0.05, 0) is 41.5 Å². The number of aliphatic hydroxyl groups is 1. The summed E-state index contributed by atoms with van der Waals surface area (Å²) >= 11 is 0. The first-order chi connectivity index (χ1) is 15.5. The van der Waals surface area contributed by atoms with Crippen LogP contribution in [0.25, 0.3) is 16.5 Å². The maximum Gasteiger partial charge on any atom is 0.300 e. The van der Waals surface area contributed by atoms with Crippen LogP contribution < -0.4 is 4.90 Å². The molecule has 32 heavy (non-hydrogen) atoms. The zero-order valence-electron chi connectivity index (χ0n) is 17.5. The van der Waals surface area contributed by atoms with Gasteiger partial charge in [-0.3, -0.25) is 14.5 Å². The molecule has 0 aliphatic carbocycles. The van der Waals surface area contributed by atoms with Gasteiger partial charge in [-0.2, -0.15) is 0 Å². The summed E-state index contributed by atoms with van der Waals surface area (Å²) in [6, 6.07) is 29.4. The minimum absolute atomic E-state index is 0.0945. The van der Waals surface area contributed by atoms with Gasteiger partial charge >= 0.3 is 0 Å². The first-order valence-electron chi connectivity index (χ1n) is 10.5. The predicted molar refractivity (Wildman–Crippen MR) is 126 cm³/mol. The molecule has 4 heteroatoms. The lowest BCUT2D eigenvalue weighted by atomic mass is 9.94. The average molecular weight is 419 g/mol. The lowest BCUT2D eigenvalue weighted by Gasteiger charge is -2.25. The van der Waals surface area contributed by atoms with Crippen molar-refractivity contribution in [3.63, 3.8) is 0 Å². The second kappa shape index (κ2) is 7.82. The second-order valence-electron chi connectivity index (χ2n) is 7.98. The largest absolute Gasteiger partial charge is 0.507 e. The fourth-order valence-corrected chi connectivity index (χ4v) is 4.25. The molecule has 4 aromatic rings. The van der Waals surface area contributed by atoms with E-state index in [1.54, 1.807) is 6.07 Å². The standard InChI is InChI=1S/C28H21NO3/c1-18-11-15-23(16-12-18)29-25(20-8-3-2-4-9-20)24(27(31)28(29)32)26(30)22-14-13-19-7-5-6-10-21(19)17-22/h2-17,25,30H,1H3/b26-24-. The Bertz CT molecular complexity index is 1370. The SMILES string of the molecule is Cc1ccc(N2C(=O)C(=O)/C(=C(\O)c3ccc4ccccc4c3)C2c2ccccc2)cc1. The molecule has 1 fully saturated rings. The third-order valence-corrected chi connectivity index (χ3v) is 5.89. The fourth-order valence-electron chi connectivity index (χ4n) is 4.25. The van der Waals surface area contributed by atoms with E-state index in [-0.39, 0.29) is 11.3 Å². The first-order valence-corrected chi connectivity index (χ1v) is 10.5. The van der Waals surface area contributed by atoms with Crippen molar-refractivity contribution in [2.45, 2.75) is 13.0 Å². The molecule has 1 amide bonds. The Hall–Kier alpha value is -4.18. The molecule has 0 spiro atoms. The van der Waals surface area contributed by atoms with E-state index in [1.165, 1.54) is 4.90 Å². The van der Waals surface area contributed by atoms with Crippen LogP contribution in [0, 0.1) is 6.92 Å². The predicted octanol–water partition coefficient (Wildman–Crippen LogP) is 5.77. The van der Waals surface area contributed by atoms with Crippen molar-refractivity contribution in [2.75, 3.05) is 4.90 Å². The van der Waals surface area contributed by atoms with Crippen molar-refractivity contribution in [3.8, 4) is 0 Å². The molecule has 1 aliphatic heterocycles. The number of aliphatic hydroxyl groups excluding tert-OH is 1. The van der Waals surface area contributed by atoms with E-state index in [1.807, 2.05) is 97.9 Å². The molecule has 0 radical (unpaired) electrons.